The maximum atomic E-state index is 13.0. The van der Waals surface area contributed by atoms with Crippen LogP contribution in [0.2, 0.25) is 0 Å². The lowest BCUT2D eigenvalue weighted by Crippen LogP contribution is -2.30. The van der Waals surface area contributed by atoms with E-state index < -0.39 is 97.5 Å². The van der Waals surface area contributed by atoms with Gasteiger partial charge in [-0.15, -0.1) is 0 Å². The fourth-order valence-electron chi connectivity index (χ4n) is 9.99. The van der Waals surface area contributed by atoms with Crippen molar-refractivity contribution < 1.29 is 80.2 Å². The Kier molecular flexibility index (Phi) is 59.6. The molecule has 0 bridgehead atoms. The van der Waals surface area contributed by atoms with Gasteiger partial charge >= 0.3 is 39.5 Å². The number of aliphatic hydroxyl groups excluding tert-OH is 1. The molecule has 0 aromatic carbocycles. The summed E-state index contributed by atoms with van der Waals surface area (Å²) < 4.78 is 67.9. The van der Waals surface area contributed by atoms with Gasteiger partial charge in [0.1, 0.15) is 19.3 Å². The number of phosphoric acid groups is 2. The number of ether oxygens (including phenoxy) is 4. The Morgan fingerprint density at radius 2 is 0.471 bits per heavy atom. The average Bonchev–Trinajstić information content (AvgIpc) is 3.50. The summed E-state index contributed by atoms with van der Waals surface area (Å²) in [5.41, 5.74) is 0. The zero-order valence-corrected chi connectivity index (χ0v) is 56.4. The normalized spacial score (nSPS) is 14.1. The predicted octanol–water partition coefficient (Wildman–Crippen LogP) is 18.7. The molecule has 0 rings (SSSR count). The van der Waals surface area contributed by atoms with E-state index in [1.807, 2.05) is 0 Å². The fraction of sp³-hybridized carbons (Fsp3) is 0.939. The zero-order valence-electron chi connectivity index (χ0n) is 54.6. The van der Waals surface area contributed by atoms with Crippen LogP contribution in [0.4, 0.5) is 0 Å². The molecule has 0 aromatic rings. The summed E-state index contributed by atoms with van der Waals surface area (Å²) in [4.78, 5) is 72.1. The molecule has 0 saturated heterocycles. The summed E-state index contributed by atoms with van der Waals surface area (Å²) >= 11 is 0. The molecule has 0 aromatic heterocycles. The van der Waals surface area contributed by atoms with Gasteiger partial charge in [-0.1, -0.05) is 291 Å². The number of rotatable bonds is 67. The fourth-order valence-corrected chi connectivity index (χ4v) is 11.6. The van der Waals surface area contributed by atoms with Crippen LogP contribution in [0, 0.1) is 0 Å². The van der Waals surface area contributed by atoms with Crippen LogP contribution in [0.3, 0.4) is 0 Å². The standard InChI is InChI=1S/C66H128O17P2/c1-5-9-13-17-20-23-26-28-29-30-31-32-35-38-41-45-49-53-66(71)83-62(57-77-64(69)51-47-43-39-36-34-27-24-21-18-14-10-6-2)59-81-85(74,75)79-55-60(67)54-78-84(72,73)80-58-61(56-76-63(68)50-46-42-16-12-8-4)82-65(70)52-48-44-40-37-33-25-22-19-15-11-7-3/h60-62,67H,5-59H2,1-4H3,(H,72,73)(H,74,75)/t60-,61+,62+/m0/s1. The van der Waals surface area contributed by atoms with Crippen molar-refractivity contribution in [3.8, 4) is 0 Å². The molecule has 0 aliphatic carbocycles. The Hall–Kier alpha value is -1.94. The molecule has 17 nitrogen and oxygen atoms in total. The lowest BCUT2D eigenvalue weighted by Gasteiger charge is -2.21. The number of carbonyl (C=O) groups is 4. The maximum Gasteiger partial charge on any atom is 0.472 e. The van der Waals surface area contributed by atoms with Crippen molar-refractivity contribution in [1.82, 2.24) is 0 Å². The van der Waals surface area contributed by atoms with Crippen LogP contribution < -0.4 is 0 Å². The molecular weight excluding hydrogens is 1130 g/mol. The van der Waals surface area contributed by atoms with Crippen molar-refractivity contribution in [1.29, 1.82) is 0 Å². The number of phosphoric ester groups is 2. The Labute approximate surface area is 517 Å². The van der Waals surface area contributed by atoms with E-state index in [0.717, 1.165) is 96.3 Å². The average molecular weight is 1260 g/mol. The van der Waals surface area contributed by atoms with Crippen molar-refractivity contribution in [3.63, 3.8) is 0 Å². The molecule has 0 spiro atoms. The molecule has 0 aliphatic heterocycles. The van der Waals surface area contributed by atoms with E-state index in [-0.39, 0.29) is 25.7 Å². The molecule has 0 aliphatic rings. The maximum absolute atomic E-state index is 13.0. The van der Waals surface area contributed by atoms with Crippen LogP contribution in [0.15, 0.2) is 0 Å². The molecule has 2 unspecified atom stereocenters. The van der Waals surface area contributed by atoms with Gasteiger partial charge in [0, 0.05) is 25.7 Å². The lowest BCUT2D eigenvalue weighted by atomic mass is 10.0. The number of carbonyl (C=O) groups excluding carboxylic acids is 4. The Morgan fingerprint density at radius 1 is 0.282 bits per heavy atom. The number of unbranched alkanes of at least 4 members (excludes halogenated alkanes) is 41. The number of hydrogen-bond acceptors (Lipinski definition) is 15. The third kappa shape index (κ3) is 60.7. The van der Waals surface area contributed by atoms with Gasteiger partial charge in [0.2, 0.25) is 0 Å². The first-order chi connectivity index (χ1) is 41.2. The second-order valence-electron chi connectivity index (χ2n) is 23.9. The lowest BCUT2D eigenvalue weighted by molar-refractivity contribution is -0.161. The number of hydrogen-bond donors (Lipinski definition) is 3. The molecule has 3 N–H and O–H groups in total. The molecule has 0 radical (unpaired) electrons. The van der Waals surface area contributed by atoms with E-state index in [1.54, 1.807) is 0 Å². The molecule has 0 fully saturated rings. The highest BCUT2D eigenvalue weighted by Gasteiger charge is 2.30. The van der Waals surface area contributed by atoms with Crippen LogP contribution in [0.1, 0.15) is 342 Å². The minimum absolute atomic E-state index is 0.106. The highest BCUT2D eigenvalue weighted by atomic mass is 31.2. The summed E-state index contributed by atoms with van der Waals surface area (Å²) in [5.74, 6) is -2.14. The van der Waals surface area contributed by atoms with E-state index in [0.29, 0.717) is 25.7 Å². The first-order valence-electron chi connectivity index (χ1n) is 34.8. The molecule has 0 heterocycles. The van der Waals surface area contributed by atoms with Crippen molar-refractivity contribution in [2.24, 2.45) is 0 Å². The largest absolute Gasteiger partial charge is 0.472 e. The quantitative estimate of drug-likeness (QED) is 0.0222. The molecule has 504 valence electrons. The highest BCUT2D eigenvalue weighted by Crippen LogP contribution is 2.45. The Morgan fingerprint density at radius 3 is 0.694 bits per heavy atom. The third-order valence-corrected chi connectivity index (χ3v) is 17.3. The van der Waals surface area contributed by atoms with Gasteiger partial charge in [-0.2, -0.15) is 0 Å². The Bertz CT molecular complexity index is 1640. The summed E-state index contributed by atoms with van der Waals surface area (Å²) in [5, 5.41) is 10.5. The van der Waals surface area contributed by atoms with Crippen LogP contribution in [0.25, 0.3) is 0 Å². The molecule has 19 heteroatoms. The van der Waals surface area contributed by atoms with Gasteiger partial charge < -0.3 is 33.8 Å². The summed E-state index contributed by atoms with van der Waals surface area (Å²) in [7, 11) is -9.88. The van der Waals surface area contributed by atoms with E-state index >= 15 is 0 Å². The molecule has 85 heavy (non-hydrogen) atoms. The first kappa shape index (κ1) is 83.1. The van der Waals surface area contributed by atoms with Crippen molar-refractivity contribution >= 4 is 39.5 Å². The van der Waals surface area contributed by atoms with Gasteiger partial charge in [0.15, 0.2) is 12.2 Å². The van der Waals surface area contributed by atoms with E-state index in [2.05, 4.69) is 27.7 Å². The SMILES string of the molecule is CCCCCCCCCCCCCCCCCCCC(=O)O[C@H](COC(=O)CCCCCCCCCCCCCC)COP(=O)(O)OC[C@@H](O)COP(=O)(O)OC[C@@H](COC(=O)CCCCCCC)OC(=O)CCCCCCCCCCCCC. The second kappa shape index (κ2) is 60.9. The topological polar surface area (TPSA) is 237 Å². The molecule has 5 atom stereocenters. The van der Waals surface area contributed by atoms with Crippen LogP contribution in [-0.2, 0) is 65.4 Å². The predicted molar refractivity (Wildman–Crippen MR) is 340 cm³/mol. The van der Waals surface area contributed by atoms with Gasteiger partial charge in [-0.3, -0.25) is 37.3 Å². The molecular formula is C66H128O17P2. The summed E-state index contributed by atoms with van der Waals surface area (Å²) in [6.07, 6.45) is 47.5. The smallest absolute Gasteiger partial charge is 0.462 e. The van der Waals surface area contributed by atoms with Crippen molar-refractivity contribution in [2.75, 3.05) is 39.6 Å². The first-order valence-corrected chi connectivity index (χ1v) is 37.8. The minimum atomic E-state index is -4.94. The van der Waals surface area contributed by atoms with Gasteiger partial charge in [-0.05, 0) is 25.7 Å². The zero-order chi connectivity index (χ0) is 62.6. The number of esters is 4. The Balaban J connectivity index is 5.15. The van der Waals surface area contributed by atoms with E-state index in [9.17, 15) is 43.2 Å². The van der Waals surface area contributed by atoms with Crippen molar-refractivity contribution in [2.45, 2.75) is 361 Å². The van der Waals surface area contributed by atoms with E-state index in [1.165, 1.54) is 167 Å². The summed E-state index contributed by atoms with van der Waals surface area (Å²) in [6, 6.07) is 0. The molecule has 0 saturated carbocycles. The van der Waals surface area contributed by atoms with Crippen LogP contribution >= 0.6 is 15.6 Å². The third-order valence-electron chi connectivity index (χ3n) is 15.4. The minimum Gasteiger partial charge on any atom is -0.462 e. The van der Waals surface area contributed by atoms with Crippen LogP contribution in [-0.4, -0.2) is 96.7 Å². The monoisotopic (exact) mass is 1250 g/mol. The molecule has 0 amide bonds. The van der Waals surface area contributed by atoms with Crippen molar-refractivity contribution in [3.05, 3.63) is 0 Å². The summed E-state index contributed by atoms with van der Waals surface area (Å²) in [6.45, 7) is 4.83. The van der Waals surface area contributed by atoms with Gasteiger partial charge in [0.25, 0.3) is 0 Å². The highest BCUT2D eigenvalue weighted by molar-refractivity contribution is 7.47. The number of aliphatic hydroxyl groups is 1. The van der Waals surface area contributed by atoms with Crippen LogP contribution in [0.5, 0.6) is 0 Å². The van der Waals surface area contributed by atoms with Gasteiger partial charge in [-0.25, -0.2) is 9.13 Å². The second-order valence-corrected chi connectivity index (χ2v) is 26.8. The van der Waals surface area contributed by atoms with E-state index in [4.69, 9.17) is 37.0 Å². The van der Waals surface area contributed by atoms with Gasteiger partial charge in [0.05, 0.1) is 26.4 Å².